The first kappa shape index (κ1) is 24.9. The third-order valence-electron chi connectivity index (χ3n) is 5.61. The summed E-state index contributed by atoms with van der Waals surface area (Å²) in [5.74, 6) is 0.830. The molecule has 0 fully saturated rings. The number of aromatic nitrogens is 3. The Morgan fingerprint density at radius 3 is 2.63 bits per heavy atom. The fraction of sp³-hybridized carbons (Fsp3) is 0.280. The van der Waals surface area contributed by atoms with Crippen LogP contribution in [0.1, 0.15) is 43.1 Å². The molecule has 0 saturated heterocycles. The van der Waals surface area contributed by atoms with Crippen LogP contribution in [0.3, 0.4) is 0 Å². The second-order valence-corrected chi connectivity index (χ2v) is 11.2. The lowest BCUT2D eigenvalue weighted by atomic mass is 9.88. The van der Waals surface area contributed by atoms with E-state index in [4.69, 9.17) is 14.9 Å². The predicted octanol–water partition coefficient (Wildman–Crippen LogP) is 5.21. The first-order valence-electron chi connectivity index (χ1n) is 11.2. The van der Waals surface area contributed by atoms with Crippen molar-refractivity contribution in [3.8, 4) is 11.4 Å². The highest BCUT2D eigenvalue weighted by Crippen LogP contribution is 2.37. The number of imidazole rings is 1. The summed E-state index contributed by atoms with van der Waals surface area (Å²) < 4.78 is 32.0. The van der Waals surface area contributed by atoms with Gasteiger partial charge in [0.15, 0.2) is 5.13 Å². The van der Waals surface area contributed by atoms with E-state index in [2.05, 4.69) is 24.1 Å². The van der Waals surface area contributed by atoms with Crippen molar-refractivity contribution in [2.75, 3.05) is 12.4 Å². The summed E-state index contributed by atoms with van der Waals surface area (Å²) >= 11 is 1.47. The van der Waals surface area contributed by atoms with Crippen LogP contribution in [0, 0.1) is 12.8 Å². The lowest BCUT2D eigenvalue weighted by Crippen LogP contribution is -2.17. The van der Waals surface area contributed by atoms with Gasteiger partial charge in [-0.25, -0.2) is 23.5 Å². The molecule has 2 heterocycles. The van der Waals surface area contributed by atoms with Gasteiger partial charge in [0.25, 0.3) is 0 Å². The number of primary sulfonamides is 1. The maximum absolute atomic E-state index is 12.2. The number of nitrogens with one attached hydrogen (secondary N) is 1. The Balaban J connectivity index is 1.64. The number of nitrogens with zero attached hydrogens (tertiary/aromatic N) is 3. The van der Waals surface area contributed by atoms with Crippen molar-refractivity contribution in [1.29, 1.82) is 0 Å². The first-order valence-corrected chi connectivity index (χ1v) is 13.6. The van der Waals surface area contributed by atoms with Gasteiger partial charge in [0.1, 0.15) is 5.75 Å². The molecule has 35 heavy (non-hydrogen) atoms. The Morgan fingerprint density at radius 2 is 1.97 bits per heavy atom. The highest BCUT2D eigenvalue weighted by Gasteiger charge is 2.25. The molecule has 0 amide bonds. The van der Waals surface area contributed by atoms with Gasteiger partial charge >= 0.3 is 0 Å². The molecule has 10 heteroatoms. The molecule has 2 aromatic heterocycles. The molecule has 1 atom stereocenters. The van der Waals surface area contributed by atoms with Crippen molar-refractivity contribution in [1.82, 2.24) is 14.5 Å². The van der Waals surface area contributed by atoms with Gasteiger partial charge in [0.05, 0.1) is 35.4 Å². The Morgan fingerprint density at radius 1 is 1.20 bits per heavy atom. The lowest BCUT2D eigenvalue weighted by molar-refractivity contribution is 0.413. The van der Waals surface area contributed by atoms with E-state index in [1.807, 2.05) is 53.4 Å². The number of rotatable bonds is 9. The molecule has 8 nitrogen and oxygen atoms in total. The lowest BCUT2D eigenvalue weighted by Gasteiger charge is -2.20. The Labute approximate surface area is 209 Å². The summed E-state index contributed by atoms with van der Waals surface area (Å²) in [5.41, 5.74) is 4.11. The zero-order valence-electron chi connectivity index (χ0n) is 20.1. The molecule has 0 aliphatic carbocycles. The molecule has 0 aliphatic heterocycles. The normalized spacial score (nSPS) is 12.6. The van der Waals surface area contributed by atoms with Gasteiger partial charge in [-0.1, -0.05) is 32.0 Å². The molecule has 4 aromatic rings. The van der Waals surface area contributed by atoms with Crippen LogP contribution in [0.15, 0.2) is 65.3 Å². The number of thiazole rings is 1. The molecule has 2 aromatic carbocycles. The minimum atomic E-state index is -3.86. The van der Waals surface area contributed by atoms with Gasteiger partial charge in [0.2, 0.25) is 10.0 Å². The molecule has 0 spiro atoms. The first-order chi connectivity index (χ1) is 16.7. The van der Waals surface area contributed by atoms with E-state index in [9.17, 15) is 8.42 Å². The maximum atomic E-state index is 12.2. The Bertz CT molecular complexity index is 1430. The number of methoxy groups -OCH3 is 1. The van der Waals surface area contributed by atoms with Crippen LogP contribution in [0.4, 0.5) is 10.8 Å². The highest BCUT2D eigenvalue weighted by molar-refractivity contribution is 7.89. The van der Waals surface area contributed by atoms with E-state index in [-0.39, 0.29) is 10.8 Å². The van der Waals surface area contributed by atoms with Crippen LogP contribution >= 0.6 is 11.3 Å². The molecule has 184 valence electrons. The number of ether oxygens (including phenoxy) is 1. The molecule has 4 rings (SSSR count). The number of aryl methyl sites for hydroxylation is 1. The molecule has 0 saturated carbocycles. The average molecular weight is 512 g/mol. The molecule has 0 bridgehead atoms. The SMILES string of the molecule is COc1cc(Nc2nc([C@@H](CC(C)C)c3ccccc3S(N)(=O)=O)cs2)ccc1-n1cnc(C)c1. The van der Waals surface area contributed by atoms with E-state index in [1.54, 1.807) is 25.6 Å². The summed E-state index contributed by atoms with van der Waals surface area (Å²) in [5, 5.41) is 11.5. The van der Waals surface area contributed by atoms with Crippen LogP contribution in [0.2, 0.25) is 0 Å². The minimum absolute atomic E-state index is 0.142. The summed E-state index contributed by atoms with van der Waals surface area (Å²) in [7, 11) is -2.23. The van der Waals surface area contributed by atoms with Crippen LogP contribution in [0.25, 0.3) is 5.69 Å². The summed E-state index contributed by atoms with van der Waals surface area (Å²) in [4.78, 5) is 9.24. The van der Waals surface area contributed by atoms with Crippen LogP contribution in [-0.4, -0.2) is 30.1 Å². The number of hydrogen-bond donors (Lipinski definition) is 2. The van der Waals surface area contributed by atoms with E-state index in [0.717, 1.165) is 29.2 Å². The second-order valence-electron chi connectivity index (χ2n) is 8.78. The highest BCUT2D eigenvalue weighted by atomic mass is 32.2. The van der Waals surface area contributed by atoms with Crippen molar-refractivity contribution in [3.63, 3.8) is 0 Å². The third-order valence-corrected chi connectivity index (χ3v) is 7.37. The number of hydrogen-bond acceptors (Lipinski definition) is 7. The van der Waals surface area contributed by atoms with Crippen molar-refractivity contribution in [3.05, 3.63) is 77.3 Å². The van der Waals surface area contributed by atoms with E-state index < -0.39 is 10.0 Å². The second kappa shape index (κ2) is 10.2. The van der Waals surface area contributed by atoms with Crippen LogP contribution in [0.5, 0.6) is 5.75 Å². The Hall–Kier alpha value is -3.21. The monoisotopic (exact) mass is 511 g/mol. The fourth-order valence-corrected chi connectivity index (χ4v) is 5.65. The van der Waals surface area contributed by atoms with E-state index >= 15 is 0 Å². The van der Waals surface area contributed by atoms with Gasteiger partial charge < -0.3 is 14.6 Å². The molecule has 3 N–H and O–H groups in total. The number of benzene rings is 2. The van der Waals surface area contributed by atoms with Gasteiger partial charge in [-0.15, -0.1) is 11.3 Å². The molecular weight excluding hydrogens is 482 g/mol. The summed E-state index contributed by atoms with van der Waals surface area (Å²) in [6, 6.07) is 12.7. The molecule has 0 aliphatic rings. The smallest absolute Gasteiger partial charge is 0.238 e. The molecule has 0 unspecified atom stereocenters. The van der Waals surface area contributed by atoms with Crippen LogP contribution in [-0.2, 0) is 10.0 Å². The predicted molar refractivity (Wildman–Crippen MR) is 139 cm³/mol. The number of nitrogens with two attached hydrogens (primary N) is 1. The fourth-order valence-electron chi connectivity index (χ4n) is 4.05. The molecule has 0 radical (unpaired) electrons. The van der Waals surface area contributed by atoms with Gasteiger partial charge in [-0.3, -0.25) is 0 Å². The third kappa shape index (κ3) is 5.72. The quantitative estimate of drug-likeness (QED) is 0.319. The summed E-state index contributed by atoms with van der Waals surface area (Å²) in [6.45, 7) is 6.15. The van der Waals surface area contributed by atoms with Crippen molar-refractivity contribution in [2.45, 2.75) is 38.0 Å². The van der Waals surface area contributed by atoms with Crippen molar-refractivity contribution < 1.29 is 13.2 Å². The topological polar surface area (TPSA) is 112 Å². The summed E-state index contributed by atoms with van der Waals surface area (Å²) in [6.07, 6.45) is 4.43. The van der Waals surface area contributed by atoms with Crippen molar-refractivity contribution in [2.24, 2.45) is 11.1 Å². The largest absolute Gasteiger partial charge is 0.494 e. The van der Waals surface area contributed by atoms with E-state index in [0.29, 0.717) is 22.4 Å². The maximum Gasteiger partial charge on any atom is 0.238 e. The Kier molecular flexibility index (Phi) is 7.25. The average Bonchev–Trinajstić information content (AvgIpc) is 3.45. The number of anilines is 2. The van der Waals surface area contributed by atoms with Crippen LogP contribution < -0.4 is 15.2 Å². The van der Waals surface area contributed by atoms with Crippen molar-refractivity contribution >= 4 is 32.2 Å². The van der Waals surface area contributed by atoms with Gasteiger partial charge in [-0.05, 0) is 43.0 Å². The van der Waals surface area contributed by atoms with Gasteiger partial charge in [-0.2, -0.15) is 0 Å². The minimum Gasteiger partial charge on any atom is -0.494 e. The number of sulfonamides is 1. The zero-order valence-corrected chi connectivity index (χ0v) is 21.7. The van der Waals surface area contributed by atoms with E-state index in [1.165, 1.54) is 11.3 Å². The standard InChI is InChI=1S/C25H29N5O3S2/c1-16(2)11-20(19-7-5-6-8-24(19)35(26,31)32)21-14-34-25(29-21)28-18-9-10-22(23(12-18)33-4)30-13-17(3)27-15-30/h5-10,12-16,20H,11H2,1-4H3,(H,28,29)(H2,26,31,32)/t20-/m0/s1. The molecular formula is C25H29N5O3S2. The zero-order chi connectivity index (χ0) is 25.2. The van der Waals surface area contributed by atoms with Gasteiger partial charge in [0, 0.05) is 29.2 Å².